The highest BCUT2D eigenvalue weighted by molar-refractivity contribution is 5.94. The van der Waals surface area contributed by atoms with Crippen LogP contribution in [-0.2, 0) is 11.2 Å². The smallest absolute Gasteiger partial charge is 0.251 e. The Hall–Kier alpha value is -1.81. The largest absolute Gasteiger partial charge is 0.502 e. The van der Waals surface area contributed by atoms with E-state index in [0.29, 0.717) is 25.3 Å². The number of nitrogens with one attached hydrogen (secondary N) is 1. The summed E-state index contributed by atoms with van der Waals surface area (Å²) in [5, 5.41) is 2.83. The molecule has 4 nitrogen and oxygen atoms in total. The van der Waals surface area contributed by atoms with Gasteiger partial charge >= 0.3 is 0 Å². The van der Waals surface area contributed by atoms with Crippen molar-refractivity contribution < 1.29 is 9.53 Å². The van der Waals surface area contributed by atoms with Crippen LogP contribution < -0.4 is 11.1 Å². The second-order valence-corrected chi connectivity index (χ2v) is 3.88. The third-order valence-corrected chi connectivity index (χ3v) is 2.49. The van der Waals surface area contributed by atoms with Gasteiger partial charge in [-0.2, -0.15) is 0 Å². The molecule has 1 amide bonds. The van der Waals surface area contributed by atoms with Crippen molar-refractivity contribution in [3.05, 3.63) is 48.2 Å². The molecule has 0 unspecified atom stereocenters. The van der Waals surface area contributed by atoms with Gasteiger partial charge in [0, 0.05) is 12.1 Å². The molecule has 1 aromatic rings. The summed E-state index contributed by atoms with van der Waals surface area (Å²) in [5.74, 6) is -0.0621. The van der Waals surface area contributed by atoms with E-state index in [9.17, 15) is 4.79 Å². The fourth-order valence-electron chi connectivity index (χ4n) is 1.53. The number of nitrogens with two attached hydrogens (primary N) is 1. The van der Waals surface area contributed by atoms with Crippen molar-refractivity contribution in [3.8, 4) is 0 Å². The number of benzene rings is 1. The van der Waals surface area contributed by atoms with Gasteiger partial charge in [-0.05, 0) is 37.1 Å². The minimum atomic E-state index is -0.0621. The number of rotatable bonds is 8. The van der Waals surface area contributed by atoms with Crippen LogP contribution >= 0.6 is 0 Å². The molecule has 1 rings (SSSR count). The summed E-state index contributed by atoms with van der Waals surface area (Å²) < 4.78 is 4.96. The third-order valence-electron chi connectivity index (χ3n) is 2.49. The summed E-state index contributed by atoms with van der Waals surface area (Å²) in [4.78, 5) is 11.7. The molecule has 4 heteroatoms. The second kappa shape index (κ2) is 8.31. The standard InChI is InChI=1S/C14H20N2O2/c1-2-18-11-3-10-16-14(17)13-6-4-12(5-7-13)8-9-15/h2,4-7H,1,3,8-11,15H2,(H,16,17). The predicted octanol–water partition coefficient (Wildman–Crippen LogP) is 1.47. The molecule has 0 saturated heterocycles. The highest BCUT2D eigenvalue weighted by Crippen LogP contribution is 2.04. The molecular weight excluding hydrogens is 228 g/mol. The molecule has 0 fully saturated rings. The van der Waals surface area contributed by atoms with E-state index in [4.69, 9.17) is 10.5 Å². The van der Waals surface area contributed by atoms with Crippen molar-refractivity contribution in [1.82, 2.24) is 5.32 Å². The highest BCUT2D eigenvalue weighted by atomic mass is 16.5. The Morgan fingerprint density at radius 2 is 2.11 bits per heavy atom. The summed E-state index contributed by atoms with van der Waals surface area (Å²) in [5.41, 5.74) is 7.28. The first-order valence-corrected chi connectivity index (χ1v) is 6.07. The van der Waals surface area contributed by atoms with E-state index >= 15 is 0 Å². The van der Waals surface area contributed by atoms with E-state index in [1.807, 2.05) is 24.3 Å². The molecular formula is C14H20N2O2. The molecule has 0 bridgehead atoms. The maximum atomic E-state index is 11.7. The van der Waals surface area contributed by atoms with Crippen molar-refractivity contribution in [3.63, 3.8) is 0 Å². The van der Waals surface area contributed by atoms with Crippen LogP contribution in [0, 0.1) is 0 Å². The molecule has 0 radical (unpaired) electrons. The Morgan fingerprint density at radius 3 is 2.72 bits per heavy atom. The first-order valence-electron chi connectivity index (χ1n) is 6.07. The minimum Gasteiger partial charge on any atom is -0.502 e. The van der Waals surface area contributed by atoms with Gasteiger partial charge in [-0.15, -0.1) is 0 Å². The van der Waals surface area contributed by atoms with E-state index < -0.39 is 0 Å². The number of hydrogen-bond donors (Lipinski definition) is 2. The molecule has 98 valence electrons. The minimum absolute atomic E-state index is 0.0621. The normalized spacial score (nSPS) is 9.83. The molecule has 0 atom stereocenters. The van der Waals surface area contributed by atoms with E-state index in [0.717, 1.165) is 18.4 Å². The summed E-state index contributed by atoms with van der Waals surface area (Å²) in [6, 6.07) is 7.51. The maximum Gasteiger partial charge on any atom is 0.251 e. The van der Waals surface area contributed by atoms with Crippen LogP contribution in [0.15, 0.2) is 37.1 Å². The van der Waals surface area contributed by atoms with Crippen molar-refractivity contribution >= 4 is 5.91 Å². The van der Waals surface area contributed by atoms with Crippen LogP contribution in [0.3, 0.4) is 0 Å². The van der Waals surface area contributed by atoms with Crippen LogP contribution in [0.25, 0.3) is 0 Å². The van der Waals surface area contributed by atoms with Crippen molar-refractivity contribution in [2.45, 2.75) is 12.8 Å². The molecule has 1 aromatic carbocycles. The third kappa shape index (κ3) is 5.01. The van der Waals surface area contributed by atoms with Crippen molar-refractivity contribution in [1.29, 1.82) is 0 Å². The van der Waals surface area contributed by atoms with Crippen molar-refractivity contribution in [2.75, 3.05) is 19.7 Å². The number of amides is 1. The quantitative estimate of drug-likeness (QED) is 0.541. The first-order chi connectivity index (χ1) is 8.77. The maximum absolute atomic E-state index is 11.7. The fraction of sp³-hybridized carbons (Fsp3) is 0.357. The van der Waals surface area contributed by atoms with Gasteiger partial charge in [0.15, 0.2) is 0 Å². The summed E-state index contributed by atoms with van der Waals surface area (Å²) in [6.45, 7) is 5.23. The Labute approximate surface area is 108 Å². The highest BCUT2D eigenvalue weighted by Gasteiger charge is 2.04. The number of hydrogen-bond acceptors (Lipinski definition) is 3. The lowest BCUT2D eigenvalue weighted by atomic mass is 10.1. The second-order valence-electron chi connectivity index (χ2n) is 3.88. The molecule has 0 aliphatic carbocycles. The number of carbonyl (C=O) groups excluding carboxylic acids is 1. The van der Waals surface area contributed by atoms with Crippen LogP contribution in [0.1, 0.15) is 22.3 Å². The van der Waals surface area contributed by atoms with E-state index in [1.165, 1.54) is 6.26 Å². The number of ether oxygens (including phenoxy) is 1. The lowest BCUT2D eigenvalue weighted by Crippen LogP contribution is -2.25. The van der Waals surface area contributed by atoms with Crippen LogP contribution in [-0.4, -0.2) is 25.6 Å². The zero-order valence-electron chi connectivity index (χ0n) is 10.5. The molecule has 0 aromatic heterocycles. The molecule has 0 saturated carbocycles. The molecule has 0 heterocycles. The number of carbonyl (C=O) groups is 1. The first kappa shape index (κ1) is 14.3. The zero-order valence-corrected chi connectivity index (χ0v) is 10.5. The average molecular weight is 248 g/mol. The average Bonchev–Trinajstić information content (AvgIpc) is 2.39. The van der Waals surface area contributed by atoms with Gasteiger partial charge in [-0.25, -0.2) is 0 Å². The Morgan fingerprint density at radius 1 is 1.39 bits per heavy atom. The fourth-order valence-corrected chi connectivity index (χ4v) is 1.53. The Bertz CT molecular complexity index is 374. The summed E-state index contributed by atoms with van der Waals surface area (Å²) >= 11 is 0. The molecule has 3 N–H and O–H groups in total. The molecule has 0 aliphatic heterocycles. The van der Waals surface area contributed by atoms with Crippen LogP contribution in [0.2, 0.25) is 0 Å². The molecule has 0 aliphatic rings. The Kier molecular flexibility index (Phi) is 6.58. The predicted molar refractivity (Wildman–Crippen MR) is 72.3 cm³/mol. The van der Waals surface area contributed by atoms with Gasteiger partial charge in [0.2, 0.25) is 0 Å². The van der Waals surface area contributed by atoms with Gasteiger partial charge in [-0.1, -0.05) is 18.7 Å². The van der Waals surface area contributed by atoms with Gasteiger partial charge in [0.05, 0.1) is 12.9 Å². The Balaban J connectivity index is 2.34. The van der Waals surface area contributed by atoms with E-state index in [-0.39, 0.29) is 5.91 Å². The molecule has 0 spiro atoms. The van der Waals surface area contributed by atoms with Crippen LogP contribution in [0.5, 0.6) is 0 Å². The van der Waals surface area contributed by atoms with E-state index in [1.54, 1.807) is 0 Å². The van der Waals surface area contributed by atoms with Crippen molar-refractivity contribution in [2.24, 2.45) is 5.73 Å². The van der Waals surface area contributed by atoms with Crippen LogP contribution in [0.4, 0.5) is 0 Å². The topological polar surface area (TPSA) is 64.3 Å². The van der Waals surface area contributed by atoms with Gasteiger partial charge in [0.25, 0.3) is 5.91 Å². The monoisotopic (exact) mass is 248 g/mol. The molecule has 18 heavy (non-hydrogen) atoms. The zero-order chi connectivity index (χ0) is 13.2. The van der Waals surface area contributed by atoms with Gasteiger partial charge in [0.1, 0.15) is 0 Å². The van der Waals surface area contributed by atoms with Gasteiger partial charge < -0.3 is 15.8 Å². The van der Waals surface area contributed by atoms with E-state index in [2.05, 4.69) is 11.9 Å². The summed E-state index contributed by atoms with van der Waals surface area (Å²) in [6.07, 6.45) is 3.00. The SMILES string of the molecule is C=COCCCNC(=O)c1ccc(CCN)cc1. The van der Waals surface area contributed by atoms with Gasteiger partial charge in [-0.3, -0.25) is 4.79 Å². The summed E-state index contributed by atoms with van der Waals surface area (Å²) in [7, 11) is 0. The lowest BCUT2D eigenvalue weighted by molar-refractivity contribution is 0.0950. The lowest BCUT2D eigenvalue weighted by Gasteiger charge is -2.06.